The van der Waals surface area contributed by atoms with E-state index in [-0.39, 0.29) is 17.4 Å². The summed E-state index contributed by atoms with van der Waals surface area (Å²) in [5.41, 5.74) is 8.11. The van der Waals surface area contributed by atoms with E-state index in [9.17, 15) is 14.0 Å². The summed E-state index contributed by atoms with van der Waals surface area (Å²) in [6.45, 7) is 0.294. The van der Waals surface area contributed by atoms with Crippen molar-refractivity contribution in [2.24, 2.45) is 0 Å². The van der Waals surface area contributed by atoms with E-state index in [2.05, 4.69) is 15.6 Å². The molecule has 0 saturated heterocycles. The third-order valence-corrected chi connectivity index (χ3v) is 4.26. The molecule has 1 aromatic heterocycles. The Hall–Kier alpha value is -3.94. The molecule has 148 valence electrons. The smallest absolute Gasteiger partial charge is 0.321 e. The van der Waals surface area contributed by atoms with Crippen molar-refractivity contribution in [3.63, 3.8) is 0 Å². The van der Waals surface area contributed by atoms with Crippen molar-refractivity contribution in [2.75, 3.05) is 23.0 Å². The zero-order valence-electron chi connectivity index (χ0n) is 15.7. The molecule has 8 heteroatoms. The number of nitrogen functional groups attached to an aromatic ring is 1. The minimum atomic E-state index is -0.489. The molecule has 4 N–H and O–H groups in total. The zero-order chi connectivity index (χ0) is 20.8. The summed E-state index contributed by atoms with van der Waals surface area (Å²) in [6, 6.07) is 13.7. The van der Waals surface area contributed by atoms with Crippen LogP contribution in [0, 0.1) is 5.82 Å². The van der Waals surface area contributed by atoms with E-state index >= 15 is 0 Å². The van der Waals surface area contributed by atoms with Crippen LogP contribution in [-0.4, -0.2) is 24.0 Å². The van der Waals surface area contributed by atoms with E-state index < -0.39 is 11.7 Å². The number of benzene rings is 2. The maximum Gasteiger partial charge on any atom is 0.321 e. The highest BCUT2D eigenvalue weighted by molar-refractivity contribution is 6.05. The number of halogens is 1. The Kier molecular flexibility index (Phi) is 6.03. The predicted octanol–water partition coefficient (Wildman–Crippen LogP) is 3.40. The highest BCUT2D eigenvalue weighted by Crippen LogP contribution is 2.20. The molecule has 1 heterocycles. The molecule has 0 saturated carbocycles. The van der Waals surface area contributed by atoms with Gasteiger partial charge < -0.3 is 16.4 Å². The van der Waals surface area contributed by atoms with Crippen LogP contribution in [0.2, 0.25) is 0 Å². The van der Waals surface area contributed by atoms with Crippen molar-refractivity contribution in [3.8, 4) is 0 Å². The lowest BCUT2D eigenvalue weighted by Gasteiger charge is -2.17. The first-order valence-corrected chi connectivity index (χ1v) is 8.81. The number of hydrogen-bond acceptors (Lipinski definition) is 4. The predicted molar refractivity (Wildman–Crippen MR) is 110 cm³/mol. The Balaban J connectivity index is 1.58. The first-order valence-electron chi connectivity index (χ1n) is 8.81. The van der Waals surface area contributed by atoms with Gasteiger partial charge in [-0.15, -0.1) is 0 Å². The molecule has 3 rings (SSSR count). The molecular formula is C21H20FN5O2. The first kappa shape index (κ1) is 19.8. The van der Waals surface area contributed by atoms with E-state index in [0.29, 0.717) is 17.8 Å². The summed E-state index contributed by atoms with van der Waals surface area (Å²) in [5, 5.41) is 5.38. The fourth-order valence-corrected chi connectivity index (χ4v) is 2.57. The number of pyridine rings is 1. The van der Waals surface area contributed by atoms with Gasteiger partial charge in [-0.05, 0) is 48.0 Å². The number of anilines is 3. The van der Waals surface area contributed by atoms with Crippen molar-refractivity contribution < 1.29 is 14.0 Å². The molecule has 2 aromatic carbocycles. The fourth-order valence-electron chi connectivity index (χ4n) is 2.57. The lowest BCUT2D eigenvalue weighted by Crippen LogP contribution is -2.36. The second-order valence-corrected chi connectivity index (χ2v) is 6.31. The van der Waals surface area contributed by atoms with Crippen LogP contribution in [0.1, 0.15) is 15.9 Å². The second-order valence-electron chi connectivity index (χ2n) is 6.31. The molecule has 0 atom stereocenters. The average Bonchev–Trinajstić information content (AvgIpc) is 2.75. The number of rotatable bonds is 5. The summed E-state index contributed by atoms with van der Waals surface area (Å²) < 4.78 is 13.3. The van der Waals surface area contributed by atoms with Crippen LogP contribution in [0.3, 0.4) is 0 Å². The highest BCUT2D eigenvalue weighted by atomic mass is 19.1. The van der Waals surface area contributed by atoms with Gasteiger partial charge in [-0.25, -0.2) is 9.18 Å². The lowest BCUT2D eigenvalue weighted by atomic mass is 10.1. The minimum Gasteiger partial charge on any atom is -0.397 e. The Labute approximate surface area is 167 Å². The molecule has 0 spiro atoms. The van der Waals surface area contributed by atoms with Gasteiger partial charge in [-0.3, -0.25) is 14.7 Å². The number of nitrogens with zero attached hydrogens (tertiary/aromatic N) is 2. The van der Waals surface area contributed by atoms with E-state index in [4.69, 9.17) is 5.73 Å². The molecule has 7 nitrogen and oxygen atoms in total. The third kappa shape index (κ3) is 5.07. The van der Waals surface area contributed by atoms with Gasteiger partial charge in [0.25, 0.3) is 5.91 Å². The van der Waals surface area contributed by atoms with Gasteiger partial charge in [-0.1, -0.05) is 12.1 Å². The van der Waals surface area contributed by atoms with Gasteiger partial charge in [0.2, 0.25) is 0 Å². The van der Waals surface area contributed by atoms with Crippen LogP contribution >= 0.6 is 0 Å². The number of aromatic nitrogens is 1. The molecule has 0 fully saturated rings. The number of urea groups is 1. The Morgan fingerprint density at radius 1 is 1.14 bits per heavy atom. The van der Waals surface area contributed by atoms with Crippen LogP contribution in [0.15, 0.2) is 67.0 Å². The second kappa shape index (κ2) is 8.83. The zero-order valence-corrected chi connectivity index (χ0v) is 15.7. The van der Waals surface area contributed by atoms with Gasteiger partial charge >= 0.3 is 6.03 Å². The molecule has 0 bridgehead atoms. The van der Waals surface area contributed by atoms with Crippen molar-refractivity contribution in [2.45, 2.75) is 6.54 Å². The largest absolute Gasteiger partial charge is 0.397 e. The summed E-state index contributed by atoms with van der Waals surface area (Å²) in [4.78, 5) is 30.0. The van der Waals surface area contributed by atoms with Gasteiger partial charge in [-0.2, -0.15) is 0 Å². The molecule has 29 heavy (non-hydrogen) atoms. The van der Waals surface area contributed by atoms with Gasteiger partial charge in [0.05, 0.1) is 23.3 Å². The lowest BCUT2D eigenvalue weighted by molar-refractivity contribution is 0.102. The number of amides is 3. The molecule has 0 aliphatic carbocycles. The minimum absolute atomic E-state index is 0.213. The van der Waals surface area contributed by atoms with Crippen molar-refractivity contribution in [1.82, 2.24) is 10.3 Å². The molecule has 0 unspecified atom stereocenters. The number of carbonyl (C=O) groups is 2. The fraction of sp³-hybridized carbons (Fsp3) is 0.0952. The number of carbonyl (C=O) groups excluding carboxylic acids is 2. The van der Waals surface area contributed by atoms with Crippen LogP contribution in [0.25, 0.3) is 0 Å². The standard InChI is InChI=1S/C21H20FN5O2/c1-27(17-3-2-10-24-13-17)21(29)25-12-14-4-6-15(7-5-14)20(28)26-19-11-16(22)8-9-18(19)23/h2-11,13H,12,23H2,1H3,(H,25,29)(H,26,28). The van der Waals surface area contributed by atoms with Crippen LogP contribution in [-0.2, 0) is 6.54 Å². The van der Waals surface area contributed by atoms with Gasteiger partial charge in [0.15, 0.2) is 0 Å². The molecule has 0 aliphatic rings. The average molecular weight is 393 g/mol. The van der Waals surface area contributed by atoms with E-state index in [1.807, 2.05) is 0 Å². The maximum absolute atomic E-state index is 13.3. The maximum atomic E-state index is 13.3. The Morgan fingerprint density at radius 3 is 2.59 bits per heavy atom. The van der Waals surface area contributed by atoms with E-state index in [1.54, 1.807) is 55.8 Å². The Bertz CT molecular complexity index is 1010. The Morgan fingerprint density at radius 2 is 1.90 bits per heavy atom. The quantitative estimate of drug-likeness (QED) is 0.579. The molecule has 0 aliphatic heterocycles. The van der Waals surface area contributed by atoms with Gasteiger partial charge in [0.1, 0.15) is 5.82 Å². The molecule has 0 radical (unpaired) electrons. The van der Waals surface area contributed by atoms with Crippen molar-refractivity contribution in [3.05, 3.63) is 83.9 Å². The topological polar surface area (TPSA) is 100 Å². The summed E-state index contributed by atoms with van der Waals surface area (Å²) in [5.74, 6) is -0.897. The summed E-state index contributed by atoms with van der Waals surface area (Å²) in [6.07, 6.45) is 3.23. The number of hydrogen-bond donors (Lipinski definition) is 3. The molecule has 3 aromatic rings. The molecule has 3 amide bonds. The SMILES string of the molecule is CN(C(=O)NCc1ccc(C(=O)Nc2cc(F)ccc2N)cc1)c1cccnc1. The van der Waals surface area contributed by atoms with E-state index in [1.165, 1.54) is 17.0 Å². The summed E-state index contributed by atoms with van der Waals surface area (Å²) >= 11 is 0. The molecular weight excluding hydrogens is 373 g/mol. The monoisotopic (exact) mass is 393 g/mol. The summed E-state index contributed by atoms with van der Waals surface area (Å²) in [7, 11) is 1.65. The van der Waals surface area contributed by atoms with Crippen molar-refractivity contribution >= 4 is 29.0 Å². The first-order chi connectivity index (χ1) is 13.9. The third-order valence-electron chi connectivity index (χ3n) is 4.26. The van der Waals surface area contributed by atoms with Gasteiger partial charge in [0, 0.05) is 25.4 Å². The number of nitrogens with one attached hydrogen (secondary N) is 2. The van der Waals surface area contributed by atoms with Crippen LogP contribution in [0.5, 0.6) is 0 Å². The van der Waals surface area contributed by atoms with E-state index in [0.717, 1.165) is 11.6 Å². The highest BCUT2D eigenvalue weighted by Gasteiger charge is 2.11. The number of nitrogens with two attached hydrogens (primary N) is 1. The normalized spacial score (nSPS) is 10.3. The van der Waals surface area contributed by atoms with Crippen LogP contribution < -0.4 is 21.3 Å². The van der Waals surface area contributed by atoms with Crippen molar-refractivity contribution in [1.29, 1.82) is 0 Å². The van der Waals surface area contributed by atoms with Crippen LogP contribution in [0.4, 0.5) is 26.2 Å².